The molecule has 0 radical (unpaired) electrons. The topological polar surface area (TPSA) is 99.0 Å². The lowest BCUT2D eigenvalue weighted by Gasteiger charge is -2.11. The van der Waals surface area contributed by atoms with Gasteiger partial charge in [-0.25, -0.2) is 13.1 Å². The Bertz CT molecular complexity index is 1020. The van der Waals surface area contributed by atoms with Gasteiger partial charge in [0.25, 0.3) is 0 Å². The molecule has 0 amide bonds. The lowest BCUT2D eigenvalue weighted by molar-refractivity contribution is 0.402. The number of aryl methyl sites for hydroxylation is 1. The summed E-state index contributed by atoms with van der Waals surface area (Å²) in [7, 11) is -0.699. The lowest BCUT2D eigenvalue weighted by atomic mass is 10.3. The first-order valence-corrected chi connectivity index (χ1v) is 9.39. The van der Waals surface area contributed by atoms with Crippen molar-refractivity contribution in [2.24, 2.45) is 7.05 Å². The number of ether oxygens (including phenoxy) is 1. The summed E-state index contributed by atoms with van der Waals surface area (Å²) in [4.78, 5) is 8.16. The third kappa shape index (κ3) is 3.85. The number of nitrogens with one attached hydrogen (secondary N) is 1. The number of halogens is 1. The van der Waals surface area contributed by atoms with Crippen molar-refractivity contribution in [3.05, 3.63) is 53.6 Å². The van der Waals surface area contributed by atoms with Crippen LogP contribution in [0.5, 0.6) is 5.75 Å². The molecule has 0 aliphatic carbocycles. The molecule has 0 atom stereocenters. The highest BCUT2D eigenvalue weighted by atomic mass is 35.5. The number of nitrogens with zero attached hydrogens (tertiary/aromatic N) is 4. The maximum absolute atomic E-state index is 12.6. The van der Waals surface area contributed by atoms with Gasteiger partial charge in [0.15, 0.2) is 0 Å². The van der Waals surface area contributed by atoms with E-state index >= 15 is 0 Å². The number of methoxy groups -OCH3 is 1. The van der Waals surface area contributed by atoms with Gasteiger partial charge in [-0.2, -0.15) is 5.10 Å². The average Bonchev–Trinajstić information content (AvgIpc) is 3.02. The minimum absolute atomic E-state index is 0.0242. The maximum atomic E-state index is 12.6. The molecule has 0 fully saturated rings. The van der Waals surface area contributed by atoms with Gasteiger partial charge in [-0.3, -0.25) is 14.6 Å². The van der Waals surface area contributed by atoms with E-state index in [9.17, 15) is 8.42 Å². The first kappa shape index (κ1) is 18.3. The molecular weight excluding hydrogens is 378 g/mol. The minimum Gasteiger partial charge on any atom is -0.495 e. The van der Waals surface area contributed by atoms with Crippen molar-refractivity contribution in [2.45, 2.75) is 11.4 Å². The molecule has 1 aromatic carbocycles. The van der Waals surface area contributed by atoms with Crippen LogP contribution in [0.2, 0.25) is 5.02 Å². The molecule has 0 saturated carbocycles. The van der Waals surface area contributed by atoms with E-state index in [0.29, 0.717) is 22.1 Å². The largest absolute Gasteiger partial charge is 0.495 e. The quantitative estimate of drug-likeness (QED) is 0.687. The van der Waals surface area contributed by atoms with Gasteiger partial charge in [0.1, 0.15) is 22.0 Å². The molecule has 0 aliphatic rings. The Morgan fingerprint density at radius 2 is 2.04 bits per heavy atom. The molecule has 10 heteroatoms. The predicted molar refractivity (Wildman–Crippen MR) is 96.3 cm³/mol. The van der Waals surface area contributed by atoms with E-state index in [1.807, 2.05) is 0 Å². The molecule has 0 spiro atoms. The fourth-order valence-corrected chi connectivity index (χ4v) is 3.76. The summed E-state index contributed by atoms with van der Waals surface area (Å²) < 4.78 is 34.5. The summed E-state index contributed by atoms with van der Waals surface area (Å²) in [5.74, 6) is 0.215. The van der Waals surface area contributed by atoms with E-state index in [2.05, 4.69) is 19.8 Å². The standard InChI is InChI=1S/C16H16ClN5O3S/c1-22-12(8-13(21-22)14-10-18-5-6-19-14)9-20-26(23,24)16-7-11(17)3-4-15(16)25-2/h3-8,10,20H,9H2,1-2H3. The number of hydrogen-bond acceptors (Lipinski definition) is 6. The van der Waals surface area contributed by atoms with Gasteiger partial charge in [0.05, 0.1) is 25.5 Å². The van der Waals surface area contributed by atoms with Crippen LogP contribution in [0.1, 0.15) is 5.69 Å². The maximum Gasteiger partial charge on any atom is 0.244 e. The van der Waals surface area contributed by atoms with Crippen LogP contribution in [-0.2, 0) is 23.6 Å². The zero-order valence-electron chi connectivity index (χ0n) is 14.0. The van der Waals surface area contributed by atoms with Crippen LogP contribution in [0.15, 0.2) is 47.8 Å². The summed E-state index contributed by atoms with van der Waals surface area (Å²) >= 11 is 5.92. The Labute approximate surface area is 155 Å². The lowest BCUT2D eigenvalue weighted by Crippen LogP contribution is -2.24. The van der Waals surface area contributed by atoms with Crippen molar-refractivity contribution in [3.8, 4) is 17.1 Å². The van der Waals surface area contributed by atoms with Gasteiger partial charge in [0, 0.05) is 24.5 Å². The molecule has 3 rings (SSSR count). The average molecular weight is 394 g/mol. The zero-order chi connectivity index (χ0) is 18.7. The van der Waals surface area contributed by atoms with Gasteiger partial charge in [-0.15, -0.1) is 0 Å². The monoisotopic (exact) mass is 393 g/mol. The third-order valence-corrected chi connectivity index (χ3v) is 5.32. The van der Waals surface area contributed by atoms with Crippen LogP contribution in [0.3, 0.4) is 0 Å². The van der Waals surface area contributed by atoms with Crippen LogP contribution >= 0.6 is 11.6 Å². The third-order valence-electron chi connectivity index (χ3n) is 3.66. The summed E-state index contributed by atoms with van der Waals surface area (Å²) in [6.07, 6.45) is 4.73. The molecule has 0 aliphatic heterocycles. The van der Waals surface area contributed by atoms with E-state index in [-0.39, 0.29) is 17.2 Å². The highest BCUT2D eigenvalue weighted by Gasteiger charge is 2.20. The van der Waals surface area contributed by atoms with Gasteiger partial charge >= 0.3 is 0 Å². The Morgan fingerprint density at radius 1 is 1.23 bits per heavy atom. The van der Waals surface area contributed by atoms with E-state index in [4.69, 9.17) is 16.3 Å². The van der Waals surface area contributed by atoms with Crippen molar-refractivity contribution in [1.29, 1.82) is 0 Å². The predicted octanol–water partition coefficient (Wildman–Crippen LogP) is 2.02. The van der Waals surface area contributed by atoms with Gasteiger partial charge in [-0.1, -0.05) is 11.6 Å². The first-order chi connectivity index (χ1) is 12.4. The van der Waals surface area contributed by atoms with Crippen LogP contribution in [0.4, 0.5) is 0 Å². The van der Waals surface area contributed by atoms with Crippen molar-refractivity contribution in [2.75, 3.05) is 7.11 Å². The molecule has 0 unspecified atom stereocenters. The van der Waals surface area contributed by atoms with E-state index in [1.54, 1.807) is 42.5 Å². The molecule has 0 saturated heterocycles. The van der Waals surface area contributed by atoms with Crippen LogP contribution in [0, 0.1) is 0 Å². The number of rotatable bonds is 6. The summed E-state index contributed by atoms with van der Waals surface area (Å²) in [6, 6.07) is 6.17. The second-order valence-corrected chi connectivity index (χ2v) is 7.53. The van der Waals surface area contributed by atoms with Crippen LogP contribution in [0.25, 0.3) is 11.4 Å². The molecule has 2 aromatic heterocycles. The van der Waals surface area contributed by atoms with Crippen molar-refractivity contribution in [3.63, 3.8) is 0 Å². The molecule has 2 heterocycles. The van der Waals surface area contributed by atoms with Crippen molar-refractivity contribution >= 4 is 21.6 Å². The first-order valence-electron chi connectivity index (χ1n) is 7.53. The highest BCUT2D eigenvalue weighted by molar-refractivity contribution is 7.89. The number of benzene rings is 1. The molecule has 8 nitrogen and oxygen atoms in total. The number of hydrogen-bond donors (Lipinski definition) is 1. The molecule has 26 heavy (non-hydrogen) atoms. The van der Waals surface area contributed by atoms with E-state index in [0.717, 1.165) is 0 Å². The second kappa shape index (κ2) is 7.40. The Balaban J connectivity index is 1.83. The molecular formula is C16H16ClN5O3S. The van der Waals surface area contributed by atoms with Gasteiger partial charge in [0.2, 0.25) is 10.0 Å². The Morgan fingerprint density at radius 3 is 2.73 bits per heavy atom. The summed E-state index contributed by atoms with van der Waals surface area (Å²) in [6.45, 7) is 0.0434. The smallest absolute Gasteiger partial charge is 0.244 e. The summed E-state index contributed by atoms with van der Waals surface area (Å²) in [5, 5.41) is 4.64. The second-order valence-electron chi connectivity index (χ2n) is 5.35. The van der Waals surface area contributed by atoms with Crippen molar-refractivity contribution in [1.82, 2.24) is 24.5 Å². The van der Waals surface area contributed by atoms with E-state index < -0.39 is 10.0 Å². The molecule has 136 valence electrons. The highest BCUT2D eigenvalue weighted by Crippen LogP contribution is 2.27. The zero-order valence-corrected chi connectivity index (χ0v) is 15.6. The molecule has 1 N–H and O–H groups in total. The van der Waals surface area contributed by atoms with Crippen LogP contribution in [-0.4, -0.2) is 35.3 Å². The SMILES string of the molecule is COc1ccc(Cl)cc1S(=O)(=O)NCc1cc(-c2cnccn2)nn1C. The molecule has 0 bridgehead atoms. The van der Waals surface area contributed by atoms with Crippen molar-refractivity contribution < 1.29 is 13.2 Å². The van der Waals surface area contributed by atoms with Crippen LogP contribution < -0.4 is 9.46 Å². The number of aromatic nitrogens is 4. The molecule has 3 aromatic rings. The Hall–Kier alpha value is -2.49. The normalized spacial score (nSPS) is 11.5. The van der Waals surface area contributed by atoms with Gasteiger partial charge in [-0.05, 0) is 24.3 Å². The van der Waals surface area contributed by atoms with Gasteiger partial charge < -0.3 is 4.74 Å². The number of sulfonamides is 1. The summed E-state index contributed by atoms with van der Waals surface area (Å²) in [5.41, 5.74) is 1.87. The fraction of sp³-hybridized carbons (Fsp3) is 0.188. The Kier molecular flexibility index (Phi) is 5.21. The fourth-order valence-electron chi connectivity index (χ4n) is 2.34. The van der Waals surface area contributed by atoms with E-state index in [1.165, 1.54) is 19.2 Å². The minimum atomic E-state index is -3.82.